The first-order chi connectivity index (χ1) is 70.4. The highest BCUT2D eigenvalue weighted by atomic mass is 32.1. The average molecular weight is 2060 g/mol. The van der Waals surface area contributed by atoms with Gasteiger partial charge in [0.25, 0.3) is 0 Å². The predicted molar refractivity (Wildman–Crippen MR) is 568 cm³/mol. The van der Waals surface area contributed by atoms with Gasteiger partial charge in [0.2, 0.25) is 88.2 Å². The van der Waals surface area contributed by atoms with E-state index in [1.165, 1.54) is 126 Å². The van der Waals surface area contributed by atoms with Gasteiger partial charge in [-0.05, 0) is 48.5 Å². The molecule has 0 spiro atoms. The molecule has 0 aliphatic heterocycles. The molecule has 16 nitrogen and oxygen atoms in total. The second kappa shape index (κ2) is 58.8. The number of rotatable bonds is 16. The molecular weight excluding hydrogens is 1960 g/mol. The standard InChI is InChI=1S/8C14H12NS.4BFO2/c8*1-2-6-12(7-3-1)10-15-11-16-14-9-5-4-8-13(14)15;4*2-1(3)4/h8*1-9,11H,10H2;;;;/q8*+1;4*-2. The lowest BCUT2D eigenvalue weighted by Crippen LogP contribution is -2.39. The summed E-state index contributed by atoms with van der Waals surface area (Å²) >= 11 is 14.4. The van der Waals surface area contributed by atoms with Crippen molar-refractivity contribution in [1.82, 2.24) is 0 Å². The van der Waals surface area contributed by atoms with Crippen LogP contribution < -0.4 is 76.7 Å². The van der Waals surface area contributed by atoms with Crippen LogP contribution in [0.25, 0.3) is 81.7 Å². The minimum absolute atomic E-state index is 0.949. The largest absolute Gasteiger partial charge is 0.867 e. The van der Waals surface area contributed by atoms with Gasteiger partial charge < -0.3 is 57.5 Å². The van der Waals surface area contributed by atoms with Gasteiger partial charge in [0.1, 0.15) is 67.2 Å². The fraction of sp³-hybridized carbons (Fsp3) is 0.0714. The van der Waals surface area contributed by atoms with Gasteiger partial charge in [0, 0.05) is 93.0 Å². The highest BCUT2D eigenvalue weighted by Crippen LogP contribution is 2.24. The molecule has 0 bridgehead atoms. The Morgan fingerprint density at radius 1 is 0.139 bits per heavy atom. The maximum atomic E-state index is 9.89. The van der Waals surface area contributed by atoms with E-state index in [0.717, 1.165) is 52.4 Å². The van der Waals surface area contributed by atoms with Crippen LogP contribution in [0.1, 0.15) is 44.5 Å². The van der Waals surface area contributed by atoms with Crippen molar-refractivity contribution in [2.75, 3.05) is 0 Å². The molecule has 144 heavy (non-hydrogen) atoms. The van der Waals surface area contributed by atoms with Crippen molar-refractivity contribution in [2.24, 2.45) is 0 Å². The van der Waals surface area contributed by atoms with Gasteiger partial charge in [-0.25, -0.2) is 0 Å². The summed E-state index contributed by atoms with van der Waals surface area (Å²) < 4.78 is 68.7. The lowest BCUT2D eigenvalue weighted by molar-refractivity contribution is -0.658. The molecule has 0 radical (unpaired) electrons. The fourth-order valence-electron chi connectivity index (χ4n) is 15.0. The van der Waals surface area contributed by atoms with Crippen LogP contribution in [0.2, 0.25) is 0 Å². The molecule has 0 atom stereocenters. The number of thiazole rings is 8. The average Bonchev–Trinajstić information content (AvgIpc) is 1.73. The van der Waals surface area contributed by atoms with Crippen molar-refractivity contribution in [1.29, 1.82) is 0 Å². The number of para-hydroxylation sites is 8. The summed E-state index contributed by atoms with van der Waals surface area (Å²) in [5.41, 5.74) is 38.8. The van der Waals surface area contributed by atoms with E-state index in [0.29, 0.717) is 0 Å². The van der Waals surface area contributed by atoms with Crippen molar-refractivity contribution < 1.29 is 94.0 Å². The molecule has 0 fully saturated rings. The predicted octanol–water partition coefficient (Wildman–Crippen LogP) is 16.5. The van der Waals surface area contributed by atoms with Crippen LogP contribution in [0.4, 0.5) is 17.3 Å². The van der Waals surface area contributed by atoms with Gasteiger partial charge in [-0.15, -0.1) is 0 Å². The number of hydrogen-bond donors (Lipinski definition) is 0. The number of fused-ring (bicyclic) bond motifs is 8. The summed E-state index contributed by atoms with van der Waals surface area (Å²) in [6.45, 7) is 7.59. The van der Waals surface area contributed by atoms with Crippen molar-refractivity contribution in [2.45, 2.75) is 52.4 Å². The Kier molecular flexibility index (Phi) is 43.9. The third-order valence-corrected chi connectivity index (χ3v) is 29.1. The van der Waals surface area contributed by atoms with Crippen molar-refractivity contribution in [3.8, 4) is 0 Å². The van der Waals surface area contributed by atoms with Crippen LogP contribution in [0.5, 0.6) is 0 Å². The molecular formula is C112H96B4F4N8O8S8. The summed E-state index contributed by atoms with van der Waals surface area (Å²) in [5.74, 6) is 0. The number of benzene rings is 16. The summed E-state index contributed by atoms with van der Waals surface area (Å²) in [6, 6.07) is 153. The van der Waals surface area contributed by atoms with E-state index in [9.17, 15) is 17.3 Å². The summed E-state index contributed by atoms with van der Waals surface area (Å²) in [4.78, 5) is 0. The van der Waals surface area contributed by atoms with E-state index in [2.05, 4.69) is 517 Å². The SMILES string of the molecule is [O-]B([O-])F.[O-]B([O-])F.[O-]B([O-])F.[O-]B([O-])F.c1ccc(C[n+]2csc3ccccc32)cc1.c1ccc(C[n+]2csc3ccccc32)cc1.c1ccc(C[n+]2csc3ccccc32)cc1.c1ccc(C[n+]2csc3ccccc32)cc1.c1ccc(C[n+]2csc3ccccc32)cc1.c1ccc(C[n+]2csc3ccccc32)cc1.c1ccc(C[n+]2csc3ccccc32)cc1.c1ccc(C[n+]2csc3ccccc32)cc1. The minimum Gasteiger partial charge on any atom is -0.867 e. The maximum Gasteiger partial charge on any atom is 0.226 e. The number of aromatic nitrogens is 8. The summed E-state index contributed by atoms with van der Waals surface area (Å²) in [5, 5.41) is 66.4. The molecule has 24 aromatic rings. The van der Waals surface area contributed by atoms with Crippen LogP contribution in [-0.4, -0.2) is 29.6 Å². The highest BCUT2D eigenvalue weighted by Gasteiger charge is 2.19. The fourth-order valence-corrected chi connectivity index (χ4v) is 22.1. The Bertz CT molecular complexity index is 6420. The maximum absolute atomic E-state index is 9.89. The summed E-state index contributed by atoms with van der Waals surface area (Å²) in [7, 11) is -12.7. The van der Waals surface area contributed by atoms with Crippen molar-refractivity contribution in [3.63, 3.8) is 0 Å². The van der Waals surface area contributed by atoms with Crippen molar-refractivity contribution >= 4 is 202 Å². The van der Waals surface area contributed by atoms with Crippen LogP contribution in [-0.2, 0) is 52.4 Å². The molecule has 0 aliphatic carbocycles. The summed E-state index contributed by atoms with van der Waals surface area (Å²) in [6.07, 6.45) is 0. The van der Waals surface area contributed by atoms with Gasteiger partial charge in [-0.2, -0.15) is 36.5 Å². The first-order valence-electron chi connectivity index (χ1n) is 45.4. The smallest absolute Gasteiger partial charge is 0.226 e. The zero-order chi connectivity index (χ0) is 101. The molecule has 720 valence electrons. The highest BCUT2D eigenvalue weighted by molar-refractivity contribution is 7.18. The number of nitrogens with zero attached hydrogens (tertiary/aromatic N) is 8. The first-order valence-corrected chi connectivity index (χ1v) is 52.4. The molecule has 0 unspecified atom stereocenters. The molecule has 0 saturated carbocycles. The Hall–Kier alpha value is -13.7. The van der Waals surface area contributed by atoms with Gasteiger partial charge in [0.05, 0.1) is 0 Å². The zero-order valence-corrected chi connectivity index (χ0v) is 84.3. The second-order valence-corrected chi connectivity index (χ2v) is 38.6. The van der Waals surface area contributed by atoms with E-state index in [1.807, 2.05) is 0 Å². The first kappa shape index (κ1) is 108. The third kappa shape index (κ3) is 35.4. The molecule has 0 amide bonds. The Balaban J connectivity index is 0.000000135. The molecule has 0 aliphatic rings. The lowest BCUT2D eigenvalue weighted by atomic mass is 10.2. The van der Waals surface area contributed by atoms with Crippen LogP contribution in [0.3, 0.4) is 0 Å². The Morgan fingerprint density at radius 3 is 0.319 bits per heavy atom. The van der Waals surface area contributed by atoms with Gasteiger partial charge in [-0.1, -0.05) is 430 Å². The molecule has 24 rings (SSSR count). The number of halogens is 4. The quantitative estimate of drug-likeness (QED) is 0.0514. The Morgan fingerprint density at radius 2 is 0.222 bits per heavy atom. The topological polar surface area (TPSA) is 216 Å². The van der Waals surface area contributed by atoms with E-state index in [1.54, 1.807) is 90.7 Å². The lowest BCUT2D eigenvalue weighted by Gasteiger charge is -2.09. The normalized spacial score (nSPS) is 10.3. The zero-order valence-electron chi connectivity index (χ0n) is 77.8. The number of hydrogen-bond acceptors (Lipinski definition) is 16. The van der Waals surface area contributed by atoms with Crippen LogP contribution in [0, 0.1) is 0 Å². The minimum atomic E-state index is -3.17. The van der Waals surface area contributed by atoms with Gasteiger partial charge >= 0.3 is 0 Å². The molecule has 0 saturated heterocycles. The molecule has 8 heterocycles. The van der Waals surface area contributed by atoms with Gasteiger partial charge in [-0.3, -0.25) is 0 Å². The van der Waals surface area contributed by atoms with Crippen molar-refractivity contribution in [3.05, 3.63) is 525 Å². The molecule has 0 N–H and O–H groups in total. The molecule has 32 heteroatoms. The molecule has 8 aromatic heterocycles. The van der Waals surface area contributed by atoms with E-state index in [-0.39, 0.29) is 0 Å². The van der Waals surface area contributed by atoms with Gasteiger partial charge in [0.15, 0.2) is 52.4 Å². The molecule has 16 aromatic carbocycles. The second-order valence-electron chi connectivity index (χ2n) is 31.5. The monoisotopic (exact) mass is 2060 g/mol. The third-order valence-electron chi connectivity index (χ3n) is 21.4. The van der Waals surface area contributed by atoms with Crippen LogP contribution >= 0.6 is 90.7 Å². The van der Waals surface area contributed by atoms with Crippen LogP contribution in [0.15, 0.2) is 481 Å². The Labute approximate surface area is 866 Å². The van der Waals surface area contributed by atoms with E-state index >= 15 is 0 Å². The van der Waals surface area contributed by atoms with E-state index in [4.69, 9.17) is 40.2 Å². The van der Waals surface area contributed by atoms with E-state index < -0.39 is 29.6 Å².